The molecule has 34 heavy (non-hydrogen) atoms. The lowest BCUT2D eigenvalue weighted by molar-refractivity contribution is -0.113. The van der Waals surface area contributed by atoms with Gasteiger partial charge in [-0.3, -0.25) is 4.79 Å². The molecule has 1 amide bonds. The number of unbranched alkanes of at least 4 members (excludes halogenated alkanes) is 1. The molecule has 1 aliphatic rings. The van der Waals surface area contributed by atoms with Crippen molar-refractivity contribution < 1.29 is 9.53 Å². The molecule has 1 atom stereocenters. The highest BCUT2D eigenvalue weighted by Crippen LogP contribution is 2.36. The smallest absolute Gasteiger partial charge is 0.256 e. The fourth-order valence-electron chi connectivity index (χ4n) is 3.89. The lowest BCUT2D eigenvalue weighted by Crippen LogP contribution is -2.45. The van der Waals surface area contributed by atoms with E-state index in [1.54, 1.807) is 0 Å². The molecule has 5 nitrogen and oxygen atoms in total. The molecule has 0 spiro atoms. The summed E-state index contributed by atoms with van der Waals surface area (Å²) in [5, 5.41) is 10.1. The normalized spacial score (nSPS) is 15.4. The third kappa shape index (κ3) is 5.46. The molecular formula is C28H29N3O2S. The number of carbonyl (C=O) groups is 1. The lowest BCUT2D eigenvalue weighted by atomic mass is 9.91. The van der Waals surface area contributed by atoms with Gasteiger partial charge in [0, 0.05) is 11.3 Å². The number of benzene rings is 3. The summed E-state index contributed by atoms with van der Waals surface area (Å²) in [6.45, 7) is 4.76. The molecule has 0 fully saturated rings. The Balaban J connectivity index is 1.80. The van der Waals surface area contributed by atoms with Crippen LogP contribution < -0.4 is 20.7 Å². The van der Waals surface area contributed by atoms with Crippen molar-refractivity contribution in [2.75, 3.05) is 11.9 Å². The molecule has 0 aliphatic carbocycles. The van der Waals surface area contributed by atoms with E-state index >= 15 is 0 Å². The van der Waals surface area contributed by atoms with Crippen LogP contribution in [0.25, 0.3) is 5.70 Å². The molecule has 0 saturated carbocycles. The summed E-state index contributed by atoms with van der Waals surface area (Å²) in [4.78, 5) is 13.8. The Morgan fingerprint density at radius 3 is 2.44 bits per heavy atom. The Hall–Kier alpha value is -3.64. The topological polar surface area (TPSA) is 62.4 Å². The molecule has 3 aromatic carbocycles. The molecule has 1 aliphatic heterocycles. The number of hydrogen-bond acceptors (Lipinski definition) is 3. The van der Waals surface area contributed by atoms with Crippen LogP contribution in [-0.4, -0.2) is 17.6 Å². The first kappa shape index (κ1) is 23.5. The van der Waals surface area contributed by atoms with Crippen molar-refractivity contribution in [3.05, 3.63) is 101 Å². The van der Waals surface area contributed by atoms with Crippen LogP contribution in [0.1, 0.15) is 42.5 Å². The number of para-hydroxylation sites is 1. The number of ether oxygens (including phenoxy) is 1. The monoisotopic (exact) mass is 471 g/mol. The first-order chi connectivity index (χ1) is 16.6. The van der Waals surface area contributed by atoms with E-state index in [9.17, 15) is 4.79 Å². The third-order valence-electron chi connectivity index (χ3n) is 5.67. The first-order valence-electron chi connectivity index (χ1n) is 11.5. The minimum Gasteiger partial charge on any atom is -0.493 e. The minimum atomic E-state index is -0.479. The van der Waals surface area contributed by atoms with E-state index in [0.29, 0.717) is 23.0 Å². The van der Waals surface area contributed by atoms with Crippen LogP contribution in [0.3, 0.4) is 0 Å². The van der Waals surface area contributed by atoms with Crippen LogP contribution in [0.5, 0.6) is 5.75 Å². The number of aryl methyl sites for hydroxylation is 1. The van der Waals surface area contributed by atoms with Gasteiger partial charge in [0.25, 0.3) is 5.91 Å². The van der Waals surface area contributed by atoms with Gasteiger partial charge in [0.05, 0.1) is 23.9 Å². The van der Waals surface area contributed by atoms with Gasteiger partial charge in [-0.15, -0.1) is 0 Å². The summed E-state index contributed by atoms with van der Waals surface area (Å²) in [5.74, 6) is 0.532. The summed E-state index contributed by atoms with van der Waals surface area (Å²) in [7, 11) is 0. The number of rotatable bonds is 8. The van der Waals surface area contributed by atoms with E-state index in [1.807, 2.05) is 85.8 Å². The van der Waals surface area contributed by atoms with Gasteiger partial charge in [-0.2, -0.15) is 0 Å². The number of hydrogen-bond donors (Lipinski definition) is 3. The molecule has 6 heteroatoms. The van der Waals surface area contributed by atoms with E-state index in [4.69, 9.17) is 17.0 Å². The maximum Gasteiger partial charge on any atom is 0.256 e. The van der Waals surface area contributed by atoms with Crippen molar-refractivity contribution in [3.8, 4) is 5.75 Å². The van der Waals surface area contributed by atoms with E-state index in [1.165, 1.54) is 0 Å². The Morgan fingerprint density at radius 1 is 1.00 bits per heavy atom. The minimum absolute atomic E-state index is 0.210. The number of nitrogens with one attached hydrogen (secondary N) is 3. The summed E-state index contributed by atoms with van der Waals surface area (Å²) in [6.07, 6.45) is 2.00. The van der Waals surface area contributed by atoms with Crippen molar-refractivity contribution in [3.63, 3.8) is 0 Å². The molecule has 0 bridgehead atoms. The maximum absolute atomic E-state index is 13.8. The second-order valence-electron chi connectivity index (χ2n) is 8.25. The summed E-state index contributed by atoms with van der Waals surface area (Å²) < 4.78 is 6.11. The Morgan fingerprint density at radius 2 is 1.71 bits per heavy atom. The van der Waals surface area contributed by atoms with Crippen LogP contribution in [-0.2, 0) is 4.79 Å². The Labute approximate surface area is 206 Å². The zero-order valence-corrected chi connectivity index (χ0v) is 20.2. The Kier molecular flexibility index (Phi) is 7.60. The van der Waals surface area contributed by atoms with Gasteiger partial charge in [0.1, 0.15) is 5.75 Å². The van der Waals surface area contributed by atoms with Gasteiger partial charge in [-0.05, 0) is 49.3 Å². The maximum atomic E-state index is 13.8. The fraction of sp³-hybridized carbons (Fsp3) is 0.214. The molecule has 1 heterocycles. The van der Waals surface area contributed by atoms with Crippen LogP contribution in [0.4, 0.5) is 5.69 Å². The molecule has 0 aromatic heterocycles. The van der Waals surface area contributed by atoms with Gasteiger partial charge in [-0.1, -0.05) is 79.6 Å². The van der Waals surface area contributed by atoms with Crippen LogP contribution in [0.2, 0.25) is 0 Å². The van der Waals surface area contributed by atoms with E-state index in [2.05, 4.69) is 22.9 Å². The highest BCUT2D eigenvalue weighted by atomic mass is 32.1. The van der Waals surface area contributed by atoms with E-state index in [-0.39, 0.29) is 5.91 Å². The van der Waals surface area contributed by atoms with Crippen LogP contribution in [0, 0.1) is 6.92 Å². The summed E-state index contributed by atoms with van der Waals surface area (Å²) in [5.41, 5.74) is 4.84. The molecule has 3 aromatic rings. The third-order valence-corrected chi connectivity index (χ3v) is 5.89. The SMILES string of the molecule is CCCCOc1ccccc1C1NC(=S)NC(c2ccccc2)=C1C(=O)Nc1ccc(C)cc1. The first-order valence-corrected chi connectivity index (χ1v) is 11.9. The second-order valence-corrected chi connectivity index (χ2v) is 8.65. The van der Waals surface area contributed by atoms with Crippen LogP contribution >= 0.6 is 12.2 Å². The zero-order chi connectivity index (χ0) is 23.9. The number of amides is 1. The average molecular weight is 472 g/mol. The Bertz CT molecular complexity index is 1190. The van der Waals surface area contributed by atoms with Crippen molar-refractivity contribution in [1.29, 1.82) is 0 Å². The molecule has 0 radical (unpaired) electrons. The number of anilines is 1. The largest absolute Gasteiger partial charge is 0.493 e. The quantitative estimate of drug-likeness (QED) is 0.289. The average Bonchev–Trinajstić information content (AvgIpc) is 2.86. The van der Waals surface area contributed by atoms with Gasteiger partial charge in [0.2, 0.25) is 0 Å². The second kappa shape index (κ2) is 11.0. The molecule has 1 unspecified atom stereocenters. The van der Waals surface area contributed by atoms with Crippen molar-refractivity contribution in [2.45, 2.75) is 32.7 Å². The molecule has 4 rings (SSSR count). The predicted molar refractivity (Wildman–Crippen MR) is 142 cm³/mol. The molecule has 3 N–H and O–H groups in total. The molecule has 0 saturated heterocycles. The standard InChI is InChI=1S/C28H29N3O2S/c1-3-4-18-33-23-13-9-8-12-22(23)26-24(27(32)29-21-16-14-19(2)15-17-21)25(30-28(34)31-26)20-10-6-5-7-11-20/h5-17,26H,3-4,18H2,1-2H3,(H,29,32)(H2,30,31,34). The number of carbonyl (C=O) groups excluding carboxylic acids is 1. The lowest BCUT2D eigenvalue weighted by Gasteiger charge is -2.32. The van der Waals surface area contributed by atoms with Crippen molar-refractivity contribution in [1.82, 2.24) is 10.6 Å². The molecular weight excluding hydrogens is 442 g/mol. The predicted octanol–water partition coefficient (Wildman–Crippen LogP) is 5.74. The van der Waals surface area contributed by atoms with Crippen molar-refractivity contribution >= 4 is 34.6 Å². The van der Waals surface area contributed by atoms with Gasteiger partial charge in [0.15, 0.2) is 5.11 Å². The highest BCUT2D eigenvalue weighted by Gasteiger charge is 2.33. The van der Waals surface area contributed by atoms with E-state index < -0.39 is 6.04 Å². The highest BCUT2D eigenvalue weighted by molar-refractivity contribution is 7.80. The molecule has 174 valence electrons. The summed E-state index contributed by atoms with van der Waals surface area (Å²) in [6, 6.07) is 24.9. The number of thiocarbonyl (C=S) groups is 1. The van der Waals surface area contributed by atoms with Gasteiger partial charge >= 0.3 is 0 Å². The van der Waals surface area contributed by atoms with E-state index in [0.717, 1.165) is 41.0 Å². The fourth-order valence-corrected chi connectivity index (χ4v) is 4.11. The zero-order valence-electron chi connectivity index (χ0n) is 19.4. The van der Waals surface area contributed by atoms with Gasteiger partial charge < -0.3 is 20.7 Å². The summed E-state index contributed by atoms with van der Waals surface area (Å²) >= 11 is 5.56. The van der Waals surface area contributed by atoms with Gasteiger partial charge in [-0.25, -0.2) is 0 Å². The van der Waals surface area contributed by atoms with Crippen molar-refractivity contribution in [2.24, 2.45) is 0 Å². The van der Waals surface area contributed by atoms with Crippen LogP contribution in [0.15, 0.2) is 84.4 Å².